The van der Waals surface area contributed by atoms with Gasteiger partial charge in [-0.3, -0.25) is 4.79 Å². The van der Waals surface area contributed by atoms with Crippen molar-refractivity contribution in [1.29, 1.82) is 0 Å². The third kappa shape index (κ3) is 3.83. The molecule has 21 heavy (non-hydrogen) atoms. The largest absolute Gasteiger partial charge is 0.358 e. The maximum Gasteiger partial charge on any atom is 0.251 e. The molecule has 1 heterocycles. The van der Waals surface area contributed by atoms with Gasteiger partial charge in [0.15, 0.2) is 0 Å². The van der Waals surface area contributed by atoms with Crippen LogP contribution >= 0.6 is 0 Å². The van der Waals surface area contributed by atoms with Crippen LogP contribution in [0.1, 0.15) is 28.0 Å². The highest BCUT2D eigenvalue weighted by molar-refractivity contribution is 7.89. The molecule has 0 atom stereocenters. The van der Waals surface area contributed by atoms with Crippen LogP contribution in [0.25, 0.3) is 10.9 Å². The van der Waals surface area contributed by atoms with Crippen molar-refractivity contribution < 1.29 is 13.2 Å². The molecular formula is C14H19N3O3S. The van der Waals surface area contributed by atoms with E-state index in [1.807, 2.05) is 26.0 Å². The van der Waals surface area contributed by atoms with Crippen molar-refractivity contribution >= 4 is 26.8 Å². The molecule has 1 amide bonds. The molecule has 0 aliphatic carbocycles. The zero-order chi connectivity index (χ0) is 15.6. The molecule has 2 aromatic rings. The summed E-state index contributed by atoms with van der Waals surface area (Å²) in [7, 11) is -3.47. The molecule has 2 rings (SSSR count). The van der Waals surface area contributed by atoms with E-state index < -0.39 is 10.0 Å². The topological polar surface area (TPSA) is 105 Å². The molecule has 0 saturated carbocycles. The van der Waals surface area contributed by atoms with E-state index in [0.29, 0.717) is 12.0 Å². The number of hydrogen-bond acceptors (Lipinski definition) is 3. The van der Waals surface area contributed by atoms with E-state index in [4.69, 9.17) is 5.14 Å². The molecule has 0 fully saturated rings. The predicted molar refractivity (Wildman–Crippen MR) is 82.7 cm³/mol. The number of hydrogen-bond donors (Lipinski definition) is 3. The second kappa shape index (κ2) is 5.87. The summed E-state index contributed by atoms with van der Waals surface area (Å²) in [6.07, 6.45) is 0.301. The Kier molecular flexibility index (Phi) is 4.34. The number of nitrogens with one attached hydrogen (secondary N) is 2. The fourth-order valence-corrected chi connectivity index (χ4v) is 2.73. The quantitative estimate of drug-likeness (QED) is 0.722. The first-order chi connectivity index (χ1) is 9.78. The average molecular weight is 309 g/mol. The Hall–Kier alpha value is -1.86. The number of fused-ring (bicyclic) bond motifs is 1. The van der Waals surface area contributed by atoms with Crippen LogP contribution in [0.15, 0.2) is 18.2 Å². The summed E-state index contributed by atoms with van der Waals surface area (Å²) in [5.74, 6) is -0.354. The third-order valence-electron chi connectivity index (χ3n) is 3.46. The zero-order valence-corrected chi connectivity index (χ0v) is 12.9. The SMILES string of the molecule is Cc1[nH]c2ccc(C(=O)NCCCS(N)(=O)=O)cc2c1C. The van der Waals surface area contributed by atoms with Gasteiger partial charge in [0.2, 0.25) is 10.0 Å². The Labute approximate surface area is 123 Å². The van der Waals surface area contributed by atoms with Crippen molar-refractivity contribution in [1.82, 2.24) is 10.3 Å². The summed E-state index contributed by atoms with van der Waals surface area (Å²) in [4.78, 5) is 15.3. The van der Waals surface area contributed by atoms with Crippen LogP contribution in [0.4, 0.5) is 0 Å². The maximum atomic E-state index is 12.0. The van der Waals surface area contributed by atoms with Crippen LogP contribution in [0, 0.1) is 13.8 Å². The van der Waals surface area contributed by atoms with E-state index in [-0.39, 0.29) is 18.2 Å². The lowest BCUT2D eigenvalue weighted by Gasteiger charge is -2.05. The monoisotopic (exact) mass is 309 g/mol. The van der Waals surface area contributed by atoms with Crippen LogP contribution in [-0.2, 0) is 10.0 Å². The van der Waals surface area contributed by atoms with Gasteiger partial charge in [-0.15, -0.1) is 0 Å². The van der Waals surface area contributed by atoms with Crippen LogP contribution < -0.4 is 10.5 Å². The number of aromatic nitrogens is 1. The lowest BCUT2D eigenvalue weighted by molar-refractivity contribution is 0.0954. The van der Waals surface area contributed by atoms with Crippen molar-refractivity contribution in [2.24, 2.45) is 5.14 Å². The molecule has 114 valence electrons. The summed E-state index contributed by atoms with van der Waals surface area (Å²) in [6.45, 7) is 4.27. The van der Waals surface area contributed by atoms with Gasteiger partial charge in [0.1, 0.15) is 0 Å². The van der Waals surface area contributed by atoms with E-state index in [1.54, 1.807) is 6.07 Å². The first-order valence-electron chi connectivity index (χ1n) is 6.65. The number of sulfonamides is 1. The summed E-state index contributed by atoms with van der Waals surface area (Å²) >= 11 is 0. The van der Waals surface area contributed by atoms with Crippen molar-refractivity contribution in [3.05, 3.63) is 35.0 Å². The Balaban J connectivity index is 2.04. The molecule has 1 aromatic carbocycles. The molecular weight excluding hydrogens is 290 g/mol. The van der Waals surface area contributed by atoms with Gasteiger partial charge in [-0.25, -0.2) is 13.6 Å². The molecule has 7 heteroatoms. The van der Waals surface area contributed by atoms with E-state index in [2.05, 4.69) is 10.3 Å². The van der Waals surface area contributed by atoms with E-state index in [9.17, 15) is 13.2 Å². The summed E-state index contributed by atoms with van der Waals surface area (Å²) in [5, 5.41) is 8.61. The highest BCUT2D eigenvalue weighted by atomic mass is 32.2. The first kappa shape index (κ1) is 15.5. The molecule has 0 bridgehead atoms. The van der Waals surface area contributed by atoms with Gasteiger partial charge in [0.05, 0.1) is 5.75 Å². The van der Waals surface area contributed by atoms with Gasteiger partial charge >= 0.3 is 0 Å². The molecule has 0 aliphatic rings. The highest BCUT2D eigenvalue weighted by Crippen LogP contribution is 2.22. The third-order valence-corrected chi connectivity index (χ3v) is 4.32. The Bertz CT molecular complexity index is 778. The number of H-pyrrole nitrogens is 1. The number of amides is 1. The Morgan fingerprint density at radius 3 is 2.71 bits per heavy atom. The Morgan fingerprint density at radius 2 is 2.05 bits per heavy atom. The molecule has 1 aromatic heterocycles. The number of benzene rings is 1. The number of aromatic amines is 1. The van der Waals surface area contributed by atoms with E-state index in [1.165, 1.54) is 0 Å². The smallest absolute Gasteiger partial charge is 0.251 e. The van der Waals surface area contributed by atoms with Gasteiger partial charge in [-0.1, -0.05) is 0 Å². The number of aryl methyl sites for hydroxylation is 2. The predicted octanol–water partition coefficient (Wildman–Crippen LogP) is 1.19. The van der Waals surface area contributed by atoms with Crippen molar-refractivity contribution in [3.8, 4) is 0 Å². The first-order valence-corrected chi connectivity index (χ1v) is 8.37. The van der Waals surface area contributed by atoms with E-state index in [0.717, 1.165) is 22.2 Å². The molecule has 0 unspecified atom stereocenters. The minimum absolute atomic E-state index is 0.136. The van der Waals surface area contributed by atoms with E-state index >= 15 is 0 Å². The minimum atomic E-state index is -3.47. The molecule has 0 aliphatic heterocycles. The molecule has 4 N–H and O–H groups in total. The molecule has 0 spiro atoms. The zero-order valence-electron chi connectivity index (χ0n) is 12.1. The van der Waals surface area contributed by atoms with Gasteiger partial charge in [0.25, 0.3) is 5.91 Å². The second-order valence-corrected chi connectivity index (χ2v) is 6.85. The van der Waals surface area contributed by atoms with Crippen LogP contribution in [0.5, 0.6) is 0 Å². The molecule has 0 saturated heterocycles. The van der Waals surface area contributed by atoms with Crippen molar-refractivity contribution in [3.63, 3.8) is 0 Å². The minimum Gasteiger partial charge on any atom is -0.358 e. The van der Waals surface area contributed by atoms with Gasteiger partial charge in [0, 0.05) is 28.7 Å². The number of rotatable bonds is 5. The molecule has 0 radical (unpaired) electrons. The van der Waals surface area contributed by atoms with Gasteiger partial charge < -0.3 is 10.3 Å². The fourth-order valence-electron chi connectivity index (χ4n) is 2.18. The fraction of sp³-hybridized carbons (Fsp3) is 0.357. The average Bonchev–Trinajstić information content (AvgIpc) is 2.69. The Morgan fingerprint density at radius 1 is 1.33 bits per heavy atom. The number of carbonyl (C=O) groups excluding carboxylic acids is 1. The number of nitrogens with two attached hydrogens (primary N) is 1. The van der Waals surface area contributed by atoms with Crippen molar-refractivity contribution in [2.75, 3.05) is 12.3 Å². The lowest BCUT2D eigenvalue weighted by atomic mass is 10.1. The summed E-state index contributed by atoms with van der Waals surface area (Å²) in [5.41, 5.74) is 3.75. The number of carbonyl (C=O) groups is 1. The van der Waals surface area contributed by atoms with Crippen LogP contribution in [0.2, 0.25) is 0 Å². The standard InChI is InChI=1S/C14H19N3O3S/c1-9-10(2)17-13-5-4-11(8-12(9)13)14(18)16-6-3-7-21(15,19)20/h4-5,8,17H,3,6-7H2,1-2H3,(H,16,18)(H2,15,19,20). The van der Waals surface area contributed by atoms with Crippen LogP contribution in [-0.4, -0.2) is 31.6 Å². The second-order valence-electron chi connectivity index (χ2n) is 5.11. The van der Waals surface area contributed by atoms with Gasteiger partial charge in [-0.05, 0) is 44.0 Å². The summed E-state index contributed by atoms with van der Waals surface area (Å²) in [6, 6.07) is 5.45. The summed E-state index contributed by atoms with van der Waals surface area (Å²) < 4.78 is 21.6. The maximum absolute atomic E-state index is 12.0. The normalized spacial score (nSPS) is 11.8. The van der Waals surface area contributed by atoms with Crippen molar-refractivity contribution in [2.45, 2.75) is 20.3 Å². The highest BCUT2D eigenvalue weighted by Gasteiger charge is 2.10. The lowest BCUT2D eigenvalue weighted by Crippen LogP contribution is -2.27. The van der Waals surface area contributed by atoms with Crippen LogP contribution in [0.3, 0.4) is 0 Å². The van der Waals surface area contributed by atoms with Gasteiger partial charge in [-0.2, -0.15) is 0 Å². The molecule has 6 nitrogen and oxygen atoms in total. The number of primary sulfonamides is 1.